The second-order valence-corrected chi connectivity index (χ2v) is 8.16. The van der Waals surface area contributed by atoms with E-state index in [2.05, 4.69) is 29.2 Å². The van der Waals surface area contributed by atoms with Crippen molar-refractivity contribution >= 4 is 34.6 Å². The van der Waals surface area contributed by atoms with E-state index in [4.69, 9.17) is 26.1 Å². The average molecular weight is 430 g/mol. The minimum Gasteiger partial charge on any atom is -0.497 e. The fraction of sp³-hybridized carbons (Fsp3) is 0.455. The van der Waals surface area contributed by atoms with Crippen LogP contribution in [-0.4, -0.2) is 48.0 Å². The summed E-state index contributed by atoms with van der Waals surface area (Å²) in [7, 11) is 3.39. The molecule has 1 N–H and O–H groups in total. The fourth-order valence-corrected chi connectivity index (χ4v) is 4.46. The Hall–Kier alpha value is -2.51. The van der Waals surface area contributed by atoms with Crippen LogP contribution in [0.25, 0.3) is 5.65 Å². The van der Waals surface area contributed by atoms with E-state index in [-0.39, 0.29) is 0 Å². The number of aromatic nitrogens is 3. The number of hydrogen-bond acceptors (Lipinski definition) is 6. The molecule has 0 amide bonds. The zero-order valence-corrected chi connectivity index (χ0v) is 18.6. The predicted molar refractivity (Wildman–Crippen MR) is 120 cm³/mol. The van der Waals surface area contributed by atoms with Gasteiger partial charge < -0.3 is 19.7 Å². The van der Waals surface area contributed by atoms with Gasteiger partial charge in [-0.3, -0.25) is 0 Å². The zero-order valence-electron chi connectivity index (χ0n) is 17.9. The summed E-state index contributed by atoms with van der Waals surface area (Å²) in [5, 5.41) is 8.55. The van der Waals surface area contributed by atoms with Gasteiger partial charge in [0.1, 0.15) is 17.4 Å². The summed E-state index contributed by atoms with van der Waals surface area (Å²) in [4.78, 5) is 7.22. The second-order valence-electron chi connectivity index (χ2n) is 7.75. The fourth-order valence-electron chi connectivity index (χ4n) is 4.24. The van der Waals surface area contributed by atoms with Gasteiger partial charge in [0.25, 0.3) is 0 Å². The molecule has 30 heavy (non-hydrogen) atoms. The third-order valence-corrected chi connectivity index (χ3v) is 6.19. The lowest BCUT2D eigenvalue weighted by Crippen LogP contribution is -2.35. The van der Waals surface area contributed by atoms with Crippen molar-refractivity contribution in [3.05, 3.63) is 41.0 Å². The molecule has 1 saturated heterocycles. The number of methoxy groups -OCH3 is 2. The average Bonchev–Trinajstić information content (AvgIpc) is 3.37. The van der Waals surface area contributed by atoms with Crippen molar-refractivity contribution in [1.82, 2.24) is 14.6 Å². The van der Waals surface area contributed by atoms with Gasteiger partial charge >= 0.3 is 0 Å². The number of rotatable bonds is 7. The first-order chi connectivity index (χ1) is 14.5. The molecule has 160 valence electrons. The molecule has 2 aromatic heterocycles. The summed E-state index contributed by atoms with van der Waals surface area (Å²) in [5.74, 6) is 3.17. The molecule has 0 bridgehead atoms. The number of fused-ring (bicyclic) bond motifs is 1. The Bertz CT molecular complexity index is 1040. The van der Waals surface area contributed by atoms with E-state index in [1.54, 1.807) is 26.5 Å². The van der Waals surface area contributed by atoms with Crippen LogP contribution in [0.3, 0.4) is 0 Å². The van der Waals surface area contributed by atoms with Gasteiger partial charge in [-0.25, -0.2) is 4.98 Å². The molecule has 0 saturated carbocycles. The van der Waals surface area contributed by atoms with Crippen LogP contribution in [0.2, 0.25) is 5.02 Å². The Morgan fingerprint density at radius 1 is 1.27 bits per heavy atom. The number of halogens is 1. The highest BCUT2D eigenvalue weighted by Crippen LogP contribution is 2.37. The quantitative estimate of drug-likeness (QED) is 0.587. The summed E-state index contributed by atoms with van der Waals surface area (Å²) in [6, 6.07) is 7.80. The molecule has 1 aromatic carbocycles. The Morgan fingerprint density at radius 2 is 2.10 bits per heavy atom. The van der Waals surface area contributed by atoms with Crippen molar-refractivity contribution in [2.24, 2.45) is 5.92 Å². The van der Waals surface area contributed by atoms with Crippen molar-refractivity contribution in [2.75, 3.05) is 37.6 Å². The Morgan fingerprint density at radius 3 is 2.80 bits per heavy atom. The molecule has 4 rings (SSSR count). The first-order valence-electron chi connectivity index (χ1n) is 10.3. The van der Waals surface area contributed by atoms with Gasteiger partial charge in [-0.05, 0) is 31.4 Å². The third kappa shape index (κ3) is 3.79. The maximum atomic E-state index is 6.46. The van der Waals surface area contributed by atoms with Crippen LogP contribution < -0.4 is 15.0 Å². The molecule has 8 heteroatoms. The van der Waals surface area contributed by atoms with E-state index < -0.39 is 0 Å². The predicted octanol–water partition coefficient (Wildman–Crippen LogP) is 4.69. The highest BCUT2D eigenvalue weighted by atomic mass is 35.5. The summed E-state index contributed by atoms with van der Waals surface area (Å²) >= 11 is 6.46. The van der Waals surface area contributed by atoms with Crippen LogP contribution >= 0.6 is 11.6 Å². The van der Waals surface area contributed by atoms with Crippen LogP contribution in [-0.2, 0) is 4.74 Å². The van der Waals surface area contributed by atoms with Crippen LogP contribution in [0, 0.1) is 12.8 Å². The van der Waals surface area contributed by atoms with Gasteiger partial charge in [-0.1, -0.05) is 24.9 Å². The molecule has 7 nitrogen and oxygen atoms in total. The lowest BCUT2D eigenvalue weighted by atomic mass is 10.0. The molecule has 1 aliphatic heterocycles. The number of hydrogen-bond donors (Lipinski definition) is 1. The van der Waals surface area contributed by atoms with Gasteiger partial charge in [0, 0.05) is 31.4 Å². The summed E-state index contributed by atoms with van der Waals surface area (Å²) < 4.78 is 12.7. The number of nitrogens with one attached hydrogen (secondary N) is 1. The maximum absolute atomic E-state index is 6.46. The molecule has 1 aliphatic rings. The summed E-state index contributed by atoms with van der Waals surface area (Å²) in [5.41, 5.74) is 2.60. The summed E-state index contributed by atoms with van der Waals surface area (Å²) in [6.45, 7) is 5.99. The molecule has 0 aliphatic carbocycles. The molecule has 0 spiro atoms. The van der Waals surface area contributed by atoms with Gasteiger partial charge in [0.2, 0.25) is 0 Å². The lowest BCUT2D eigenvalue weighted by molar-refractivity contribution is 0.178. The normalized spacial score (nSPS) is 18.9. The van der Waals surface area contributed by atoms with Crippen molar-refractivity contribution < 1.29 is 9.47 Å². The maximum Gasteiger partial charge on any atom is 0.159 e. The molecule has 3 aromatic rings. The van der Waals surface area contributed by atoms with E-state index >= 15 is 0 Å². The lowest BCUT2D eigenvalue weighted by Gasteiger charge is -2.29. The number of anilines is 3. The van der Waals surface area contributed by atoms with Crippen LogP contribution in [0.5, 0.6) is 5.75 Å². The Kier molecular flexibility index (Phi) is 6.01. The monoisotopic (exact) mass is 429 g/mol. The van der Waals surface area contributed by atoms with Crippen molar-refractivity contribution in [3.8, 4) is 5.75 Å². The first kappa shape index (κ1) is 20.8. The molecular formula is C22H28ClN5O2. The van der Waals surface area contributed by atoms with Gasteiger partial charge in [0.05, 0.1) is 36.7 Å². The number of nitrogens with zero attached hydrogens (tertiary/aromatic N) is 4. The number of ether oxygens (including phenoxy) is 2. The highest BCUT2D eigenvalue weighted by molar-refractivity contribution is 6.33. The van der Waals surface area contributed by atoms with Gasteiger partial charge in [-0.15, -0.1) is 0 Å². The molecule has 0 unspecified atom stereocenters. The third-order valence-electron chi connectivity index (χ3n) is 5.88. The number of benzene rings is 1. The van der Waals surface area contributed by atoms with E-state index in [0.717, 1.165) is 47.9 Å². The first-order valence-corrected chi connectivity index (χ1v) is 10.6. The topological polar surface area (TPSA) is 63.9 Å². The van der Waals surface area contributed by atoms with E-state index in [0.29, 0.717) is 29.3 Å². The smallest absolute Gasteiger partial charge is 0.159 e. The summed E-state index contributed by atoms with van der Waals surface area (Å²) in [6.07, 6.45) is 4.05. The van der Waals surface area contributed by atoms with Crippen LogP contribution in [0.1, 0.15) is 25.3 Å². The Balaban J connectivity index is 1.77. The SMILES string of the molecule is CC[C@@H]1C[C@@H](COC)N(c2c(C)c(Nc3ccc(OC)cc3Cl)nc3ccnn23)C1. The van der Waals surface area contributed by atoms with E-state index in [9.17, 15) is 0 Å². The molecule has 3 heterocycles. The van der Waals surface area contributed by atoms with Crippen LogP contribution in [0.15, 0.2) is 30.5 Å². The Labute approximate surface area is 181 Å². The van der Waals surface area contributed by atoms with Crippen molar-refractivity contribution in [3.63, 3.8) is 0 Å². The molecule has 2 atom stereocenters. The minimum atomic E-state index is 0.311. The largest absolute Gasteiger partial charge is 0.497 e. The second kappa shape index (κ2) is 8.70. The zero-order chi connectivity index (χ0) is 21.3. The molecule has 0 radical (unpaired) electrons. The van der Waals surface area contributed by atoms with Crippen LogP contribution in [0.4, 0.5) is 17.3 Å². The highest BCUT2D eigenvalue weighted by Gasteiger charge is 2.34. The standard InChI is InChI=1S/C22H28ClN5O2/c1-5-15-10-16(13-29-3)27(12-15)22-14(2)21(26-20-8-9-24-28(20)22)25-19-7-6-17(30-4)11-18(19)23/h6-9,11,15-16H,5,10,12-13H2,1-4H3,(H,25,26)/t15-,16+/m1/s1. The van der Waals surface area contributed by atoms with E-state index in [1.807, 2.05) is 22.7 Å². The van der Waals surface area contributed by atoms with Crippen molar-refractivity contribution in [2.45, 2.75) is 32.7 Å². The van der Waals surface area contributed by atoms with Gasteiger partial charge in [-0.2, -0.15) is 9.61 Å². The van der Waals surface area contributed by atoms with Crippen molar-refractivity contribution in [1.29, 1.82) is 0 Å². The molecule has 1 fully saturated rings. The molecular weight excluding hydrogens is 402 g/mol. The van der Waals surface area contributed by atoms with Gasteiger partial charge in [0.15, 0.2) is 5.65 Å². The minimum absolute atomic E-state index is 0.311. The van der Waals surface area contributed by atoms with E-state index in [1.165, 1.54) is 0 Å².